The van der Waals surface area contributed by atoms with Crippen molar-refractivity contribution in [3.8, 4) is 11.3 Å². The van der Waals surface area contributed by atoms with Gasteiger partial charge in [0.15, 0.2) is 15.0 Å². The normalized spacial score (nSPS) is 15.5. The first-order valence-electron chi connectivity index (χ1n) is 10.3. The Balaban J connectivity index is 1.42. The molecule has 0 N–H and O–H groups in total. The molecule has 0 unspecified atom stereocenters. The number of rotatable bonds is 6. The van der Waals surface area contributed by atoms with E-state index in [1.54, 1.807) is 35.6 Å². The second kappa shape index (κ2) is 9.08. The second-order valence-electron chi connectivity index (χ2n) is 7.65. The number of nitrogens with zero attached hydrogens (tertiary/aromatic N) is 2. The van der Waals surface area contributed by atoms with Crippen LogP contribution in [0, 0.1) is 0 Å². The Bertz CT molecular complexity index is 1100. The number of hydrogen-bond acceptors (Lipinski definition) is 5. The van der Waals surface area contributed by atoms with Gasteiger partial charge in [-0.2, -0.15) is 0 Å². The lowest BCUT2D eigenvalue weighted by Gasteiger charge is -2.31. The number of hydrogen-bond donors (Lipinski definition) is 0. The van der Waals surface area contributed by atoms with Gasteiger partial charge in [0.1, 0.15) is 0 Å². The summed E-state index contributed by atoms with van der Waals surface area (Å²) < 4.78 is 25.9. The van der Waals surface area contributed by atoms with Crippen LogP contribution >= 0.6 is 22.9 Å². The minimum atomic E-state index is -3.36. The first-order valence-corrected chi connectivity index (χ1v) is 13.1. The van der Waals surface area contributed by atoms with Crippen molar-refractivity contribution in [2.75, 3.05) is 18.0 Å². The zero-order valence-electron chi connectivity index (χ0n) is 16.9. The van der Waals surface area contributed by atoms with Crippen LogP contribution in [0.25, 0.3) is 11.3 Å². The highest BCUT2D eigenvalue weighted by Crippen LogP contribution is 2.32. The fraction of sp³-hybridized carbons (Fsp3) is 0.348. The second-order valence-corrected chi connectivity index (χ2v) is 11.2. The van der Waals surface area contributed by atoms with Crippen molar-refractivity contribution in [1.82, 2.24) is 4.98 Å². The van der Waals surface area contributed by atoms with Crippen LogP contribution < -0.4 is 4.90 Å². The largest absolute Gasteiger partial charge is 0.348 e. The summed E-state index contributed by atoms with van der Waals surface area (Å²) in [6.45, 7) is 3.56. The predicted molar refractivity (Wildman–Crippen MR) is 125 cm³/mol. The summed E-state index contributed by atoms with van der Waals surface area (Å²) in [4.78, 5) is 7.33. The number of aryl methyl sites for hydroxylation is 1. The number of thiazole rings is 1. The number of piperidine rings is 1. The summed E-state index contributed by atoms with van der Waals surface area (Å²) in [5.74, 6) is 0. The summed E-state index contributed by atoms with van der Waals surface area (Å²) in [5, 5.41) is 3.12. The van der Waals surface area contributed by atoms with Gasteiger partial charge in [0.2, 0.25) is 0 Å². The van der Waals surface area contributed by atoms with Gasteiger partial charge in [-0.1, -0.05) is 55.3 Å². The monoisotopic (exact) mass is 460 g/mol. The Kier molecular flexibility index (Phi) is 6.46. The third-order valence-electron chi connectivity index (χ3n) is 5.56. The highest BCUT2D eigenvalue weighted by molar-refractivity contribution is 7.92. The van der Waals surface area contributed by atoms with Crippen LogP contribution in [0.5, 0.6) is 0 Å². The van der Waals surface area contributed by atoms with E-state index in [9.17, 15) is 8.42 Å². The average Bonchev–Trinajstić information content (AvgIpc) is 3.25. The minimum absolute atomic E-state index is 0.316. The maximum Gasteiger partial charge on any atom is 0.185 e. The molecule has 0 aliphatic carbocycles. The van der Waals surface area contributed by atoms with E-state index in [1.807, 2.05) is 0 Å². The molecule has 0 amide bonds. The highest BCUT2D eigenvalue weighted by Gasteiger charge is 2.32. The minimum Gasteiger partial charge on any atom is -0.348 e. The van der Waals surface area contributed by atoms with Crippen molar-refractivity contribution in [2.45, 2.75) is 42.8 Å². The summed E-state index contributed by atoms with van der Waals surface area (Å²) >= 11 is 7.61. The number of sulfone groups is 1. The third kappa shape index (κ3) is 4.56. The van der Waals surface area contributed by atoms with Crippen LogP contribution in [0.3, 0.4) is 0 Å². The molecule has 0 bridgehead atoms. The quantitative estimate of drug-likeness (QED) is 0.462. The molecule has 4 nitrogen and oxygen atoms in total. The fourth-order valence-corrected chi connectivity index (χ4v) is 6.79. The van der Waals surface area contributed by atoms with E-state index in [1.165, 1.54) is 5.56 Å². The van der Waals surface area contributed by atoms with E-state index in [4.69, 9.17) is 16.6 Å². The smallest absolute Gasteiger partial charge is 0.185 e. The van der Waals surface area contributed by atoms with Gasteiger partial charge in [0.25, 0.3) is 0 Å². The van der Waals surface area contributed by atoms with Gasteiger partial charge in [0.05, 0.1) is 15.8 Å². The maximum absolute atomic E-state index is 13.0. The predicted octanol–water partition coefficient (Wildman–Crippen LogP) is 5.86. The molecule has 158 valence electrons. The molecule has 2 aromatic carbocycles. The third-order valence-corrected chi connectivity index (χ3v) is 8.95. The van der Waals surface area contributed by atoms with Crippen LogP contribution in [-0.2, 0) is 16.3 Å². The summed E-state index contributed by atoms with van der Waals surface area (Å²) in [6.07, 6.45) is 3.42. The molecule has 0 saturated carbocycles. The van der Waals surface area contributed by atoms with Crippen LogP contribution in [0.2, 0.25) is 5.02 Å². The number of benzene rings is 2. The first-order chi connectivity index (χ1) is 14.5. The molecule has 3 aromatic rings. The van der Waals surface area contributed by atoms with E-state index in [2.05, 4.69) is 41.5 Å². The molecule has 2 heterocycles. The van der Waals surface area contributed by atoms with Crippen molar-refractivity contribution < 1.29 is 8.42 Å². The SMILES string of the molecule is CCCc1ccc(-c2csc(N3CCC(S(=O)(=O)c4cccc(Cl)c4)CC3)n2)cc1. The number of halogens is 1. The Morgan fingerprint density at radius 1 is 1.13 bits per heavy atom. The molecule has 1 aliphatic rings. The molecule has 7 heteroatoms. The summed E-state index contributed by atoms with van der Waals surface area (Å²) in [5.41, 5.74) is 3.45. The van der Waals surface area contributed by atoms with Gasteiger partial charge >= 0.3 is 0 Å². The molecule has 0 spiro atoms. The molecule has 1 aliphatic heterocycles. The fourth-order valence-electron chi connectivity index (χ4n) is 3.87. The lowest BCUT2D eigenvalue weighted by Crippen LogP contribution is -2.39. The van der Waals surface area contributed by atoms with E-state index in [-0.39, 0.29) is 5.25 Å². The maximum atomic E-state index is 13.0. The zero-order valence-corrected chi connectivity index (χ0v) is 19.3. The first kappa shape index (κ1) is 21.3. The van der Waals surface area contributed by atoms with Gasteiger partial charge in [-0.25, -0.2) is 13.4 Å². The van der Waals surface area contributed by atoms with E-state index < -0.39 is 9.84 Å². The van der Waals surface area contributed by atoms with Gasteiger partial charge in [-0.3, -0.25) is 0 Å². The zero-order chi connectivity index (χ0) is 21.1. The lowest BCUT2D eigenvalue weighted by atomic mass is 10.1. The van der Waals surface area contributed by atoms with E-state index in [0.717, 1.165) is 29.2 Å². The van der Waals surface area contributed by atoms with E-state index >= 15 is 0 Å². The van der Waals surface area contributed by atoms with E-state index in [0.29, 0.717) is 35.8 Å². The van der Waals surface area contributed by atoms with Crippen LogP contribution in [0.1, 0.15) is 31.7 Å². The topological polar surface area (TPSA) is 50.3 Å². The molecular formula is C23H25ClN2O2S2. The molecule has 0 atom stereocenters. The number of aromatic nitrogens is 1. The van der Waals surface area contributed by atoms with Crippen molar-refractivity contribution in [3.05, 3.63) is 64.5 Å². The Labute approximate surface area is 187 Å². The van der Waals surface area contributed by atoms with Crippen LogP contribution in [-0.4, -0.2) is 31.7 Å². The molecule has 1 fully saturated rings. The average molecular weight is 461 g/mol. The molecule has 0 radical (unpaired) electrons. The number of anilines is 1. The van der Waals surface area contributed by atoms with Crippen molar-refractivity contribution in [3.63, 3.8) is 0 Å². The van der Waals surface area contributed by atoms with Crippen LogP contribution in [0.4, 0.5) is 5.13 Å². The molecule has 1 saturated heterocycles. The summed E-state index contributed by atoms with van der Waals surface area (Å²) in [6, 6.07) is 15.2. The molecular weight excluding hydrogens is 436 g/mol. The van der Waals surface area contributed by atoms with Crippen LogP contribution in [0.15, 0.2) is 58.8 Å². The molecule has 4 rings (SSSR count). The Morgan fingerprint density at radius 3 is 2.53 bits per heavy atom. The standard InChI is InChI=1S/C23H25ClN2O2S2/c1-2-4-17-7-9-18(10-8-17)22-16-29-23(25-22)26-13-11-20(12-14-26)30(27,28)21-6-3-5-19(24)15-21/h3,5-10,15-16,20H,2,4,11-14H2,1H3. The van der Waals surface area contributed by atoms with Crippen molar-refractivity contribution in [2.24, 2.45) is 0 Å². The lowest BCUT2D eigenvalue weighted by molar-refractivity contribution is 0.529. The molecule has 30 heavy (non-hydrogen) atoms. The van der Waals surface area contributed by atoms with Gasteiger partial charge in [-0.15, -0.1) is 11.3 Å². The Morgan fingerprint density at radius 2 is 1.87 bits per heavy atom. The Hall–Kier alpha value is -1.89. The van der Waals surface area contributed by atoms with Crippen molar-refractivity contribution >= 4 is 37.9 Å². The van der Waals surface area contributed by atoms with Crippen molar-refractivity contribution in [1.29, 1.82) is 0 Å². The highest BCUT2D eigenvalue weighted by atomic mass is 35.5. The van der Waals surface area contributed by atoms with Gasteiger partial charge in [-0.05, 0) is 43.0 Å². The summed E-state index contributed by atoms with van der Waals surface area (Å²) in [7, 11) is -3.36. The van der Waals surface area contributed by atoms with Gasteiger partial charge < -0.3 is 4.90 Å². The van der Waals surface area contributed by atoms with Gasteiger partial charge in [0, 0.05) is 29.1 Å². The molecule has 1 aromatic heterocycles.